The van der Waals surface area contributed by atoms with Crippen molar-refractivity contribution in [1.29, 1.82) is 0 Å². The second kappa shape index (κ2) is 4.73. The van der Waals surface area contributed by atoms with E-state index in [2.05, 4.69) is 15.6 Å². The van der Waals surface area contributed by atoms with E-state index in [1.807, 2.05) is 0 Å². The summed E-state index contributed by atoms with van der Waals surface area (Å²) in [7, 11) is 1.27. The van der Waals surface area contributed by atoms with E-state index in [-0.39, 0.29) is 15.2 Å². The molecule has 1 aromatic heterocycles. The molecule has 6 heteroatoms. The molecule has 1 aromatic rings. The van der Waals surface area contributed by atoms with Crippen molar-refractivity contribution in [3.05, 3.63) is 10.0 Å². The number of terminal acetylenes is 1. The highest BCUT2D eigenvalue weighted by Gasteiger charge is 2.22. The van der Waals surface area contributed by atoms with Gasteiger partial charge in [-0.15, -0.1) is 6.42 Å². The molecule has 0 aliphatic rings. The van der Waals surface area contributed by atoms with Gasteiger partial charge >= 0.3 is 5.97 Å². The van der Waals surface area contributed by atoms with Gasteiger partial charge in [-0.2, -0.15) is 4.98 Å². The maximum atomic E-state index is 11.3. The van der Waals surface area contributed by atoms with Crippen LogP contribution in [0.15, 0.2) is 0 Å². The fourth-order valence-electron chi connectivity index (χ4n) is 0.793. The molecular weight excluding hydrogens is 250 g/mol. The summed E-state index contributed by atoms with van der Waals surface area (Å²) in [6.45, 7) is 3.42. The third-order valence-electron chi connectivity index (χ3n) is 1.63. The van der Waals surface area contributed by atoms with Crippen LogP contribution in [0.5, 0.6) is 5.19 Å². The number of carbonyl (C=O) groups excluding carboxylic acids is 1. The molecule has 0 saturated heterocycles. The molecule has 0 amide bonds. The van der Waals surface area contributed by atoms with Gasteiger partial charge in [0, 0.05) is 0 Å². The predicted molar refractivity (Wildman–Crippen MR) is 62.0 cm³/mol. The molecule has 4 nitrogen and oxygen atoms in total. The third-order valence-corrected chi connectivity index (χ3v) is 2.93. The average Bonchev–Trinajstić information content (AvgIpc) is 2.57. The van der Waals surface area contributed by atoms with Gasteiger partial charge in [-0.25, -0.2) is 4.79 Å². The molecule has 1 heterocycles. The molecule has 0 fully saturated rings. The van der Waals surface area contributed by atoms with Crippen molar-refractivity contribution in [3.63, 3.8) is 0 Å². The van der Waals surface area contributed by atoms with E-state index < -0.39 is 11.6 Å². The number of aromatic nitrogens is 1. The number of thiazole rings is 1. The summed E-state index contributed by atoms with van der Waals surface area (Å²) in [6.07, 6.45) is 5.26. The van der Waals surface area contributed by atoms with Gasteiger partial charge in [-0.1, -0.05) is 28.9 Å². The van der Waals surface area contributed by atoms with Gasteiger partial charge in [0.05, 0.1) is 7.11 Å². The number of hydrogen-bond acceptors (Lipinski definition) is 5. The van der Waals surface area contributed by atoms with Crippen molar-refractivity contribution in [1.82, 2.24) is 4.98 Å². The maximum Gasteiger partial charge on any atom is 0.351 e. The first-order valence-corrected chi connectivity index (χ1v) is 5.50. The monoisotopic (exact) mass is 259 g/mol. The van der Waals surface area contributed by atoms with Crippen molar-refractivity contribution < 1.29 is 14.3 Å². The van der Waals surface area contributed by atoms with Crippen LogP contribution < -0.4 is 4.74 Å². The first-order valence-electron chi connectivity index (χ1n) is 4.31. The zero-order chi connectivity index (χ0) is 12.3. The summed E-state index contributed by atoms with van der Waals surface area (Å²) >= 11 is 6.76. The number of halogens is 1. The number of carbonyl (C=O) groups is 1. The Hall–Kier alpha value is -1.25. The highest BCUT2D eigenvalue weighted by Crippen LogP contribution is 2.31. The van der Waals surface area contributed by atoms with E-state index >= 15 is 0 Å². The Balaban J connectivity index is 2.95. The maximum absolute atomic E-state index is 11.3. The van der Waals surface area contributed by atoms with E-state index in [1.165, 1.54) is 7.11 Å². The second-order valence-corrected chi connectivity index (χ2v) is 4.67. The Morgan fingerprint density at radius 2 is 2.25 bits per heavy atom. The molecule has 16 heavy (non-hydrogen) atoms. The van der Waals surface area contributed by atoms with Crippen LogP contribution in [0, 0.1) is 12.3 Å². The first-order chi connectivity index (χ1) is 7.39. The summed E-state index contributed by atoms with van der Waals surface area (Å²) < 4.78 is 9.92. The zero-order valence-electron chi connectivity index (χ0n) is 9.04. The van der Waals surface area contributed by atoms with Crippen LogP contribution in [-0.4, -0.2) is 23.7 Å². The van der Waals surface area contributed by atoms with Crippen molar-refractivity contribution in [3.8, 4) is 17.5 Å². The van der Waals surface area contributed by atoms with E-state index in [4.69, 9.17) is 22.8 Å². The van der Waals surface area contributed by atoms with Crippen molar-refractivity contribution >= 4 is 28.9 Å². The first kappa shape index (κ1) is 12.8. The topological polar surface area (TPSA) is 48.4 Å². The predicted octanol–water partition coefficient (Wildman–Crippen LogP) is 2.37. The average molecular weight is 260 g/mol. The lowest BCUT2D eigenvalue weighted by Crippen LogP contribution is -2.25. The molecule has 0 aromatic carbocycles. The number of nitrogens with zero attached hydrogens (tertiary/aromatic N) is 1. The molecule has 1 rings (SSSR count). The lowest BCUT2D eigenvalue weighted by Gasteiger charge is -2.17. The molecule has 0 aliphatic carbocycles. The summed E-state index contributed by atoms with van der Waals surface area (Å²) in [5.41, 5.74) is -0.797. The van der Waals surface area contributed by atoms with Gasteiger partial charge in [0.25, 0.3) is 5.19 Å². The Morgan fingerprint density at radius 1 is 1.62 bits per heavy atom. The van der Waals surface area contributed by atoms with Gasteiger partial charge < -0.3 is 9.47 Å². The van der Waals surface area contributed by atoms with Crippen LogP contribution in [0.1, 0.15) is 23.5 Å². The number of methoxy groups -OCH3 is 1. The molecule has 0 N–H and O–H groups in total. The molecule has 0 unspecified atom stereocenters. The molecule has 0 saturated carbocycles. The van der Waals surface area contributed by atoms with Gasteiger partial charge in [0.1, 0.15) is 0 Å². The van der Waals surface area contributed by atoms with Crippen LogP contribution in [0.4, 0.5) is 0 Å². The Bertz CT molecular complexity index is 447. The second-order valence-electron chi connectivity index (χ2n) is 3.35. The van der Waals surface area contributed by atoms with Gasteiger partial charge in [-0.05, 0) is 13.8 Å². The zero-order valence-corrected chi connectivity index (χ0v) is 10.6. The van der Waals surface area contributed by atoms with Crippen LogP contribution in [0.3, 0.4) is 0 Å². The highest BCUT2D eigenvalue weighted by atomic mass is 35.5. The SMILES string of the molecule is C#CC(C)(C)Oc1nc(Cl)c(C(=O)OC)s1. The van der Waals surface area contributed by atoms with E-state index in [0.29, 0.717) is 0 Å². The van der Waals surface area contributed by atoms with Gasteiger partial charge in [0.15, 0.2) is 15.6 Å². The number of ether oxygens (including phenoxy) is 2. The number of esters is 1. The van der Waals surface area contributed by atoms with Gasteiger partial charge in [-0.3, -0.25) is 0 Å². The van der Waals surface area contributed by atoms with Crippen LogP contribution >= 0.6 is 22.9 Å². The molecular formula is C10H10ClNO3S. The fourth-order valence-corrected chi connectivity index (χ4v) is 1.97. The van der Waals surface area contributed by atoms with Crippen molar-refractivity contribution in [2.75, 3.05) is 7.11 Å². The minimum Gasteiger partial charge on any atom is -0.465 e. The lowest BCUT2D eigenvalue weighted by atomic mass is 10.2. The summed E-state index contributed by atoms with van der Waals surface area (Å²) in [6, 6.07) is 0. The van der Waals surface area contributed by atoms with Crippen LogP contribution in [-0.2, 0) is 4.74 Å². The van der Waals surface area contributed by atoms with Crippen molar-refractivity contribution in [2.24, 2.45) is 0 Å². The van der Waals surface area contributed by atoms with E-state index in [9.17, 15) is 4.79 Å². The molecule has 0 spiro atoms. The summed E-state index contributed by atoms with van der Waals surface area (Å²) in [5, 5.41) is 0.299. The van der Waals surface area contributed by atoms with E-state index in [1.54, 1.807) is 13.8 Å². The number of hydrogen-bond donors (Lipinski definition) is 0. The standard InChI is InChI=1S/C10H10ClNO3S/c1-5-10(2,3)15-9-12-7(11)6(16-9)8(13)14-4/h1H,2-4H3. The highest BCUT2D eigenvalue weighted by molar-refractivity contribution is 7.15. The molecule has 0 bridgehead atoms. The lowest BCUT2D eigenvalue weighted by molar-refractivity contribution is 0.0606. The Labute approximate surface area is 103 Å². The van der Waals surface area contributed by atoms with Crippen LogP contribution in [0.25, 0.3) is 0 Å². The van der Waals surface area contributed by atoms with Crippen LogP contribution in [0.2, 0.25) is 5.15 Å². The fraction of sp³-hybridized carbons (Fsp3) is 0.400. The quantitative estimate of drug-likeness (QED) is 0.618. The van der Waals surface area contributed by atoms with Crippen molar-refractivity contribution in [2.45, 2.75) is 19.4 Å². The Kier molecular flexibility index (Phi) is 3.79. The minimum atomic E-state index is -0.797. The molecule has 0 radical (unpaired) electrons. The molecule has 0 atom stereocenters. The summed E-state index contributed by atoms with van der Waals surface area (Å²) in [5.74, 6) is 1.90. The normalized spacial score (nSPS) is 10.7. The molecule has 0 aliphatic heterocycles. The molecule has 86 valence electrons. The van der Waals surface area contributed by atoms with E-state index in [0.717, 1.165) is 11.3 Å². The summed E-state index contributed by atoms with van der Waals surface area (Å²) in [4.78, 5) is 15.3. The number of rotatable bonds is 3. The Morgan fingerprint density at radius 3 is 2.75 bits per heavy atom. The minimum absolute atomic E-state index is 0.0553. The third kappa shape index (κ3) is 2.87. The van der Waals surface area contributed by atoms with Gasteiger partial charge in [0.2, 0.25) is 0 Å². The smallest absolute Gasteiger partial charge is 0.351 e. The largest absolute Gasteiger partial charge is 0.465 e.